The van der Waals surface area contributed by atoms with Crippen molar-refractivity contribution in [3.05, 3.63) is 66.7 Å². The van der Waals surface area contributed by atoms with Crippen molar-refractivity contribution in [1.82, 2.24) is 5.32 Å². The second-order valence-corrected chi connectivity index (χ2v) is 9.16. The molecule has 0 aromatic heterocycles. The number of nitrogens with zero attached hydrogens (tertiary/aromatic N) is 1. The first-order chi connectivity index (χ1) is 15.3. The number of ether oxygens (including phenoxy) is 2. The molecule has 0 bridgehead atoms. The summed E-state index contributed by atoms with van der Waals surface area (Å²) in [5.41, 5.74) is 0.376. The molecule has 3 aromatic rings. The van der Waals surface area contributed by atoms with Gasteiger partial charge in [-0.25, -0.2) is 8.42 Å². The number of benzene rings is 3. The summed E-state index contributed by atoms with van der Waals surface area (Å²) >= 11 is 0. The van der Waals surface area contributed by atoms with Crippen LogP contribution in [0.2, 0.25) is 0 Å². The Balaban J connectivity index is 1.68. The molecule has 0 heterocycles. The number of sulfonamides is 1. The minimum absolute atomic E-state index is 0.244. The number of methoxy groups -OCH3 is 1. The van der Waals surface area contributed by atoms with Gasteiger partial charge in [0.05, 0.1) is 25.6 Å². The van der Waals surface area contributed by atoms with Gasteiger partial charge in [0.1, 0.15) is 24.1 Å². The molecule has 1 amide bonds. The van der Waals surface area contributed by atoms with Gasteiger partial charge in [0, 0.05) is 11.5 Å². The quantitative estimate of drug-likeness (QED) is 0.471. The summed E-state index contributed by atoms with van der Waals surface area (Å²) in [6.45, 7) is 2.28. The lowest BCUT2D eigenvalue weighted by Crippen LogP contribution is -2.50. The maximum atomic E-state index is 12.9. The zero-order chi connectivity index (χ0) is 23.1. The molecule has 0 saturated carbocycles. The summed E-state index contributed by atoms with van der Waals surface area (Å²) in [6, 6.07) is 19.5. The van der Waals surface area contributed by atoms with Crippen molar-refractivity contribution in [3.8, 4) is 11.5 Å². The number of amides is 1. The number of hydrogen-bond acceptors (Lipinski definition) is 5. The van der Waals surface area contributed by atoms with Crippen molar-refractivity contribution in [2.75, 3.05) is 30.8 Å². The Bertz CT molecular complexity index is 1170. The van der Waals surface area contributed by atoms with Crippen molar-refractivity contribution in [2.24, 2.45) is 0 Å². The van der Waals surface area contributed by atoms with Crippen LogP contribution in [-0.4, -0.2) is 46.9 Å². The van der Waals surface area contributed by atoms with E-state index in [-0.39, 0.29) is 19.1 Å². The van der Waals surface area contributed by atoms with E-state index < -0.39 is 16.1 Å². The fourth-order valence-electron chi connectivity index (χ4n) is 3.58. The van der Waals surface area contributed by atoms with Crippen LogP contribution in [-0.2, 0) is 14.8 Å². The van der Waals surface area contributed by atoms with Gasteiger partial charge in [0.15, 0.2) is 0 Å². The van der Waals surface area contributed by atoms with E-state index in [9.17, 15) is 13.2 Å². The van der Waals surface area contributed by atoms with Gasteiger partial charge in [-0.05, 0) is 30.0 Å². The summed E-state index contributed by atoms with van der Waals surface area (Å²) in [4.78, 5) is 12.9. The first-order valence-corrected chi connectivity index (χ1v) is 12.2. The highest BCUT2D eigenvalue weighted by Gasteiger charge is 2.31. The fraction of sp³-hybridized carbons (Fsp3) is 0.292. The van der Waals surface area contributed by atoms with Crippen LogP contribution < -0.4 is 19.1 Å². The van der Waals surface area contributed by atoms with Crippen molar-refractivity contribution < 1.29 is 22.7 Å². The van der Waals surface area contributed by atoms with Crippen LogP contribution in [0.3, 0.4) is 0 Å². The molecule has 0 spiro atoms. The Kier molecular flexibility index (Phi) is 7.58. The lowest BCUT2D eigenvalue weighted by Gasteiger charge is -2.30. The average molecular weight is 457 g/mol. The first-order valence-electron chi connectivity index (χ1n) is 10.4. The third-order valence-corrected chi connectivity index (χ3v) is 6.23. The lowest BCUT2D eigenvalue weighted by molar-refractivity contribution is -0.122. The van der Waals surface area contributed by atoms with Crippen LogP contribution in [0.15, 0.2) is 66.7 Å². The average Bonchev–Trinajstić information content (AvgIpc) is 2.79. The van der Waals surface area contributed by atoms with Crippen molar-refractivity contribution in [3.63, 3.8) is 0 Å². The molecule has 1 N–H and O–H groups in total. The van der Waals surface area contributed by atoms with Gasteiger partial charge in [0.2, 0.25) is 15.9 Å². The van der Waals surface area contributed by atoms with Gasteiger partial charge in [-0.3, -0.25) is 9.10 Å². The largest absolute Gasteiger partial charge is 0.497 e. The maximum absolute atomic E-state index is 12.9. The highest BCUT2D eigenvalue weighted by molar-refractivity contribution is 7.92. The molecular formula is C24H28N2O5S. The predicted octanol–water partition coefficient (Wildman–Crippen LogP) is 3.59. The second-order valence-electron chi connectivity index (χ2n) is 7.30. The van der Waals surface area contributed by atoms with Gasteiger partial charge in [-0.15, -0.1) is 0 Å². The summed E-state index contributed by atoms with van der Waals surface area (Å²) in [5, 5.41) is 4.87. The van der Waals surface area contributed by atoms with Gasteiger partial charge < -0.3 is 14.8 Å². The summed E-state index contributed by atoms with van der Waals surface area (Å²) in [7, 11) is -2.21. The Labute approximate surface area is 189 Å². The molecule has 1 unspecified atom stereocenters. The van der Waals surface area contributed by atoms with E-state index in [0.717, 1.165) is 27.1 Å². The van der Waals surface area contributed by atoms with E-state index in [2.05, 4.69) is 5.32 Å². The van der Waals surface area contributed by atoms with Gasteiger partial charge in [0.25, 0.3) is 0 Å². The molecule has 0 fully saturated rings. The normalized spacial score (nSPS) is 12.2. The van der Waals surface area contributed by atoms with Crippen molar-refractivity contribution in [2.45, 2.75) is 19.4 Å². The van der Waals surface area contributed by atoms with Crippen LogP contribution in [0.1, 0.15) is 13.3 Å². The molecule has 32 heavy (non-hydrogen) atoms. The molecular weight excluding hydrogens is 428 g/mol. The minimum Gasteiger partial charge on any atom is -0.497 e. The number of carbonyl (C=O) groups is 1. The number of rotatable bonds is 10. The van der Waals surface area contributed by atoms with Crippen LogP contribution in [0.5, 0.6) is 11.5 Å². The number of carbonyl (C=O) groups excluding carboxylic acids is 1. The van der Waals surface area contributed by atoms with Gasteiger partial charge in [-0.1, -0.05) is 49.4 Å². The molecule has 1 atom stereocenters. The maximum Gasteiger partial charge on any atom is 0.244 e. The van der Waals surface area contributed by atoms with Gasteiger partial charge in [-0.2, -0.15) is 0 Å². The van der Waals surface area contributed by atoms with E-state index in [0.29, 0.717) is 17.9 Å². The zero-order valence-electron chi connectivity index (χ0n) is 18.4. The van der Waals surface area contributed by atoms with Crippen molar-refractivity contribution in [1.29, 1.82) is 0 Å². The SMILES string of the molecule is CCC(C(=O)NCCOc1cccc2ccccc12)N(c1cccc(OC)c1)S(C)(=O)=O. The van der Waals surface area contributed by atoms with Crippen LogP contribution in [0.25, 0.3) is 10.8 Å². The molecule has 0 radical (unpaired) electrons. The van der Waals surface area contributed by atoms with Crippen LogP contribution in [0, 0.1) is 0 Å². The zero-order valence-corrected chi connectivity index (χ0v) is 19.3. The van der Waals surface area contributed by atoms with E-state index in [1.807, 2.05) is 42.5 Å². The van der Waals surface area contributed by atoms with E-state index in [1.54, 1.807) is 31.2 Å². The molecule has 8 heteroatoms. The number of anilines is 1. The smallest absolute Gasteiger partial charge is 0.244 e. The predicted molar refractivity (Wildman–Crippen MR) is 127 cm³/mol. The van der Waals surface area contributed by atoms with Crippen LogP contribution >= 0.6 is 0 Å². The molecule has 0 aliphatic carbocycles. The summed E-state index contributed by atoms with van der Waals surface area (Å²) in [6.07, 6.45) is 1.40. The molecule has 3 rings (SSSR count). The third kappa shape index (κ3) is 5.50. The summed E-state index contributed by atoms with van der Waals surface area (Å²) < 4.78 is 37.3. The topological polar surface area (TPSA) is 84.9 Å². The Hall–Kier alpha value is -3.26. The Morgan fingerprint density at radius 3 is 2.50 bits per heavy atom. The second kappa shape index (κ2) is 10.4. The molecule has 3 aromatic carbocycles. The Morgan fingerprint density at radius 2 is 1.78 bits per heavy atom. The number of fused-ring (bicyclic) bond motifs is 1. The van der Waals surface area contributed by atoms with Crippen LogP contribution in [0.4, 0.5) is 5.69 Å². The minimum atomic E-state index is -3.71. The third-order valence-electron chi connectivity index (χ3n) is 5.05. The highest BCUT2D eigenvalue weighted by atomic mass is 32.2. The molecule has 0 aliphatic rings. The Morgan fingerprint density at radius 1 is 1.06 bits per heavy atom. The van der Waals surface area contributed by atoms with Gasteiger partial charge >= 0.3 is 0 Å². The van der Waals surface area contributed by atoms with E-state index in [1.165, 1.54) is 7.11 Å². The highest BCUT2D eigenvalue weighted by Crippen LogP contribution is 2.27. The van der Waals surface area contributed by atoms with E-state index in [4.69, 9.17) is 9.47 Å². The summed E-state index contributed by atoms with van der Waals surface area (Å²) in [5.74, 6) is 0.857. The molecule has 170 valence electrons. The standard InChI is InChI=1S/C24H28N2O5S/c1-4-22(26(32(3,28)29)19-11-8-12-20(17-19)30-2)24(27)25-15-16-31-23-14-7-10-18-9-5-6-13-21(18)23/h5-14,17,22H,4,15-16H2,1-3H3,(H,25,27). The number of nitrogens with one attached hydrogen (secondary N) is 1. The van der Waals surface area contributed by atoms with E-state index >= 15 is 0 Å². The fourth-order valence-corrected chi connectivity index (χ4v) is 4.79. The lowest BCUT2D eigenvalue weighted by atomic mass is 10.1. The molecule has 7 nitrogen and oxygen atoms in total. The van der Waals surface area contributed by atoms with Crippen molar-refractivity contribution >= 4 is 32.4 Å². The number of hydrogen-bond donors (Lipinski definition) is 1. The molecule has 0 saturated heterocycles. The monoisotopic (exact) mass is 456 g/mol. The molecule has 0 aliphatic heterocycles. The first kappa shape index (κ1) is 23.4.